The number of aryl methyl sites for hydroxylation is 2. The zero-order valence-corrected chi connectivity index (χ0v) is 12.8. The number of nitrogens with zero attached hydrogens (tertiary/aromatic N) is 4. The standard InChI is InChI=1S/C13H14N6O2S/c1-9-3-5-11(6-4-9)22(20,21)18-12-10(2)16-17-13(12)19-7-14-15-8-19/h3-8,18H,1-2H3,(H,16,17). The molecule has 3 rings (SSSR count). The van der Waals surface area contributed by atoms with Gasteiger partial charge < -0.3 is 0 Å². The Morgan fingerprint density at radius 2 is 1.73 bits per heavy atom. The third kappa shape index (κ3) is 2.58. The molecule has 2 aromatic heterocycles. The van der Waals surface area contributed by atoms with Crippen molar-refractivity contribution >= 4 is 15.7 Å². The number of sulfonamides is 1. The quantitative estimate of drug-likeness (QED) is 0.756. The average molecular weight is 318 g/mol. The molecule has 1 aromatic carbocycles. The van der Waals surface area contributed by atoms with Gasteiger partial charge in [0.2, 0.25) is 0 Å². The Morgan fingerprint density at radius 3 is 2.36 bits per heavy atom. The molecule has 0 spiro atoms. The van der Waals surface area contributed by atoms with Gasteiger partial charge in [0.15, 0.2) is 5.82 Å². The van der Waals surface area contributed by atoms with Gasteiger partial charge in [-0.2, -0.15) is 5.10 Å². The van der Waals surface area contributed by atoms with Gasteiger partial charge in [-0.3, -0.25) is 14.4 Å². The maximum Gasteiger partial charge on any atom is 0.262 e. The number of aromatic nitrogens is 5. The van der Waals surface area contributed by atoms with E-state index in [0.717, 1.165) is 5.56 Å². The lowest BCUT2D eigenvalue weighted by Gasteiger charge is -2.09. The molecule has 0 aliphatic carbocycles. The minimum Gasteiger partial charge on any atom is -0.279 e. The van der Waals surface area contributed by atoms with Gasteiger partial charge in [0.1, 0.15) is 18.3 Å². The predicted octanol–water partition coefficient (Wildman–Crippen LogP) is 1.41. The van der Waals surface area contributed by atoms with Crippen molar-refractivity contribution in [2.45, 2.75) is 18.7 Å². The summed E-state index contributed by atoms with van der Waals surface area (Å²) in [4.78, 5) is 0.188. The molecule has 0 aliphatic heterocycles. The fraction of sp³-hybridized carbons (Fsp3) is 0.154. The Morgan fingerprint density at radius 1 is 1.09 bits per heavy atom. The summed E-state index contributed by atoms with van der Waals surface area (Å²) < 4.78 is 29.1. The Bertz CT molecular complexity index is 881. The van der Waals surface area contributed by atoms with Gasteiger partial charge in [0, 0.05) is 0 Å². The van der Waals surface area contributed by atoms with Crippen LogP contribution < -0.4 is 4.72 Å². The maximum atomic E-state index is 12.5. The summed E-state index contributed by atoms with van der Waals surface area (Å²) in [5.41, 5.74) is 1.95. The van der Waals surface area contributed by atoms with Crippen LogP contribution in [0.3, 0.4) is 0 Å². The van der Waals surface area contributed by atoms with E-state index < -0.39 is 10.0 Å². The van der Waals surface area contributed by atoms with E-state index in [1.165, 1.54) is 17.2 Å². The topological polar surface area (TPSA) is 106 Å². The normalized spacial score (nSPS) is 11.5. The summed E-state index contributed by atoms with van der Waals surface area (Å²) in [5, 5.41) is 14.2. The first-order valence-corrected chi connectivity index (χ1v) is 7.95. The molecule has 0 unspecified atom stereocenters. The fourth-order valence-electron chi connectivity index (χ4n) is 1.95. The highest BCUT2D eigenvalue weighted by Gasteiger charge is 2.20. The highest BCUT2D eigenvalue weighted by Crippen LogP contribution is 2.24. The van der Waals surface area contributed by atoms with Crippen molar-refractivity contribution in [1.82, 2.24) is 25.0 Å². The van der Waals surface area contributed by atoms with Crippen LogP contribution >= 0.6 is 0 Å². The lowest BCUT2D eigenvalue weighted by Crippen LogP contribution is -2.14. The van der Waals surface area contributed by atoms with Gasteiger partial charge in [-0.15, -0.1) is 10.2 Å². The second-order valence-corrected chi connectivity index (χ2v) is 6.52. The van der Waals surface area contributed by atoms with E-state index in [0.29, 0.717) is 17.2 Å². The molecule has 3 aromatic rings. The number of H-pyrrole nitrogens is 1. The molecule has 0 radical (unpaired) electrons. The van der Waals surface area contributed by atoms with Crippen LogP contribution in [0.1, 0.15) is 11.3 Å². The van der Waals surface area contributed by atoms with Crippen LogP contribution in [0.4, 0.5) is 5.69 Å². The predicted molar refractivity (Wildman–Crippen MR) is 80.2 cm³/mol. The SMILES string of the molecule is Cc1ccc(S(=O)(=O)Nc2c(-n3cnnc3)n[nH]c2C)cc1. The molecule has 2 heterocycles. The Kier molecular flexibility index (Phi) is 3.41. The van der Waals surface area contributed by atoms with Crippen LogP contribution in [0.25, 0.3) is 5.82 Å². The second kappa shape index (κ2) is 5.26. The lowest BCUT2D eigenvalue weighted by atomic mass is 10.2. The van der Waals surface area contributed by atoms with Crippen molar-refractivity contribution < 1.29 is 8.42 Å². The van der Waals surface area contributed by atoms with Crippen LogP contribution in [0.15, 0.2) is 41.8 Å². The van der Waals surface area contributed by atoms with E-state index in [4.69, 9.17) is 0 Å². The highest BCUT2D eigenvalue weighted by molar-refractivity contribution is 7.92. The molecule has 0 atom stereocenters. The second-order valence-electron chi connectivity index (χ2n) is 4.83. The molecule has 2 N–H and O–H groups in total. The van der Waals surface area contributed by atoms with Crippen LogP contribution in [0.2, 0.25) is 0 Å². The Balaban J connectivity index is 2.00. The summed E-state index contributed by atoms with van der Waals surface area (Å²) in [7, 11) is -3.70. The van der Waals surface area contributed by atoms with E-state index in [9.17, 15) is 8.42 Å². The lowest BCUT2D eigenvalue weighted by molar-refractivity contribution is 0.601. The minimum atomic E-state index is -3.70. The first-order chi connectivity index (χ1) is 10.5. The molecule has 0 fully saturated rings. The molecule has 0 bridgehead atoms. The van der Waals surface area contributed by atoms with E-state index in [1.54, 1.807) is 31.2 Å². The van der Waals surface area contributed by atoms with Crippen molar-refractivity contribution in [3.8, 4) is 5.82 Å². The first kappa shape index (κ1) is 14.3. The van der Waals surface area contributed by atoms with Gasteiger partial charge in [0.25, 0.3) is 10.0 Å². The number of aromatic amines is 1. The van der Waals surface area contributed by atoms with Crippen LogP contribution in [-0.2, 0) is 10.0 Å². The van der Waals surface area contributed by atoms with Gasteiger partial charge in [-0.1, -0.05) is 17.7 Å². The maximum absolute atomic E-state index is 12.5. The molecule has 22 heavy (non-hydrogen) atoms. The molecular weight excluding hydrogens is 304 g/mol. The van der Waals surface area contributed by atoms with Crippen molar-refractivity contribution in [2.75, 3.05) is 4.72 Å². The average Bonchev–Trinajstić information content (AvgIpc) is 3.10. The minimum absolute atomic E-state index is 0.188. The molecule has 8 nitrogen and oxygen atoms in total. The molecule has 0 aliphatic rings. The Labute approximate surface area is 127 Å². The van der Waals surface area contributed by atoms with Gasteiger partial charge in [0.05, 0.1) is 10.6 Å². The molecule has 0 amide bonds. The number of nitrogens with one attached hydrogen (secondary N) is 2. The third-order valence-electron chi connectivity index (χ3n) is 3.16. The Hall–Kier alpha value is -2.68. The van der Waals surface area contributed by atoms with Gasteiger partial charge in [-0.25, -0.2) is 8.42 Å². The highest BCUT2D eigenvalue weighted by atomic mass is 32.2. The van der Waals surface area contributed by atoms with E-state index >= 15 is 0 Å². The van der Waals surface area contributed by atoms with Crippen molar-refractivity contribution in [3.05, 3.63) is 48.2 Å². The van der Waals surface area contributed by atoms with Crippen LogP contribution in [-0.4, -0.2) is 33.4 Å². The zero-order valence-electron chi connectivity index (χ0n) is 12.0. The summed E-state index contributed by atoms with van der Waals surface area (Å²) in [5.74, 6) is 0.387. The van der Waals surface area contributed by atoms with Crippen molar-refractivity contribution in [2.24, 2.45) is 0 Å². The number of hydrogen-bond donors (Lipinski definition) is 2. The molecular formula is C13H14N6O2S. The first-order valence-electron chi connectivity index (χ1n) is 6.47. The van der Waals surface area contributed by atoms with Crippen molar-refractivity contribution in [1.29, 1.82) is 0 Å². The van der Waals surface area contributed by atoms with E-state index in [2.05, 4.69) is 25.1 Å². The molecule has 114 valence electrons. The largest absolute Gasteiger partial charge is 0.279 e. The molecule has 9 heteroatoms. The zero-order chi connectivity index (χ0) is 15.7. The van der Waals surface area contributed by atoms with E-state index in [1.807, 2.05) is 6.92 Å². The summed E-state index contributed by atoms with van der Waals surface area (Å²) in [6, 6.07) is 6.62. The number of rotatable bonds is 4. The summed E-state index contributed by atoms with van der Waals surface area (Å²) in [6.07, 6.45) is 2.89. The van der Waals surface area contributed by atoms with Crippen LogP contribution in [0.5, 0.6) is 0 Å². The van der Waals surface area contributed by atoms with Crippen LogP contribution in [0, 0.1) is 13.8 Å². The molecule has 0 saturated carbocycles. The number of anilines is 1. The van der Waals surface area contributed by atoms with E-state index in [-0.39, 0.29) is 4.90 Å². The number of hydrogen-bond acceptors (Lipinski definition) is 5. The van der Waals surface area contributed by atoms with Gasteiger partial charge in [-0.05, 0) is 26.0 Å². The summed E-state index contributed by atoms with van der Waals surface area (Å²) in [6.45, 7) is 3.63. The fourth-order valence-corrected chi connectivity index (χ4v) is 3.07. The summed E-state index contributed by atoms with van der Waals surface area (Å²) >= 11 is 0. The van der Waals surface area contributed by atoms with Gasteiger partial charge >= 0.3 is 0 Å². The molecule has 0 saturated heterocycles. The van der Waals surface area contributed by atoms with Crippen molar-refractivity contribution in [3.63, 3.8) is 0 Å². The third-order valence-corrected chi connectivity index (χ3v) is 4.52. The smallest absolute Gasteiger partial charge is 0.262 e. The monoisotopic (exact) mass is 318 g/mol. The number of benzene rings is 1.